The quantitative estimate of drug-likeness (QED) is 0.108. The van der Waals surface area contributed by atoms with Crippen LogP contribution in [0.15, 0.2) is 30.3 Å². The topological polar surface area (TPSA) is 167 Å². The zero-order valence-corrected chi connectivity index (χ0v) is 26.3. The number of carboxylic acids is 2. The molecule has 0 bridgehead atoms. The fourth-order valence-electron chi connectivity index (χ4n) is 3.21. The molecule has 0 unspecified atom stereocenters. The minimum absolute atomic E-state index is 0. The van der Waals surface area contributed by atoms with E-state index in [9.17, 15) is 19.8 Å². The Morgan fingerprint density at radius 2 is 0.872 bits per heavy atom. The zero-order chi connectivity index (χ0) is 26.1. The first-order valence-corrected chi connectivity index (χ1v) is 13.7. The molecular formula is C25H40Li5O8P. The number of carbonyl (C=O) groups excluding carboxylic acids is 2. The predicted octanol–water partition coefficient (Wildman–Crippen LogP) is -12.8. The number of rotatable bonds is 17. The molecule has 0 fully saturated rings. The summed E-state index contributed by atoms with van der Waals surface area (Å²) in [5.41, 5.74) is 0.220. The van der Waals surface area contributed by atoms with Crippen LogP contribution in [0.2, 0.25) is 0 Å². The van der Waals surface area contributed by atoms with Crippen molar-refractivity contribution < 1.29 is 133 Å². The Morgan fingerprint density at radius 1 is 0.590 bits per heavy atom. The van der Waals surface area contributed by atoms with Gasteiger partial charge in [-0.25, -0.2) is 0 Å². The minimum atomic E-state index is -5.39. The van der Waals surface area contributed by atoms with E-state index in [-0.39, 0.29) is 106 Å². The number of aliphatic carboxylic acids is 1. The molecule has 0 aliphatic carbocycles. The van der Waals surface area contributed by atoms with E-state index in [0.717, 1.165) is 12.8 Å². The number of aromatic carboxylic acids is 1. The summed E-state index contributed by atoms with van der Waals surface area (Å²) in [6.07, 6.45) is 19.9. The predicted molar refractivity (Wildman–Crippen MR) is 123 cm³/mol. The third kappa shape index (κ3) is 59.5. The van der Waals surface area contributed by atoms with Gasteiger partial charge in [-0.3, -0.25) is 0 Å². The first kappa shape index (κ1) is 56.1. The number of carbonyl (C=O) groups is 2. The Labute approximate surface area is 296 Å². The molecule has 0 N–H and O–H groups in total. The molecule has 0 heterocycles. The maximum Gasteiger partial charge on any atom is 1.00 e. The first-order valence-electron chi connectivity index (χ1n) is 12.3. The molecule has 14 heteroatoms. The van der Waals surface area contributed by atoms with Gasteiger partial charge in [0.15, 0.2) is 0 Å². The van der Waals surface area contributed by atoms with Crippen LogP contribution in [-0.4, -0.2) is 11.9 Å². The van der Waals surface area contributed by atoms with E-state index in [1.165, 1.54) is 95.6 Å². The Kier molecular flexibility index (Phi) is 59.5. The summed E-state index contributed by atoms with van der Waals surface area (Å²) in [5.74, 6) is -2.03. The first-order chi connectivity index (χ1) is 16.1. The number of hydrogen-bond donors (Lipinski definition) is 0. The van der Waals surface area contributed by atoms with Crippen molar-refractivity contribution in [2.24, 2.45) is 0 Å². The van der Waals surface area contributed by atoms with E-state index in [1.54, 1.807) is 18.2 Å². The van der Waals surface area contributed by atoms with Gasteiger partial charge >= 0.3 is 94.3 Å². The Hall–Kier alpha value is 1.26. The van der Waals surface area contributed by atoms with Crippen LogP contribution in [0.1, 0.15) is 120 Å². The molecule has 0 radical (unpaired) electrons. The zero-order valence-electron chi connectivity index (χ0n) is 25.4. The van der Waals surface area contributed by atoms with Gasteiger partial charge in [-0.15, -0.1) is 0 Å². The van der Waals surface area contributed by atoms with Crippen molar-refractivity contribution in [2.45, 2.75) is 110 Å². The van der Waals surface area contributed by atoms with E-state index in [1.807, 2.05) is 0 Å². The number of unbranched alkanes of at least 4 members (excludes halogenated alkanes) is 14. The van der Waals surface area contributed by atoms with Crippen LogP contribution < -0.4 is 119 Å². The van der Waals surface area contributed by atoms with E-state index in [4.69, 9.17) is 19.2 Å². The molecule has 198 valence electrons. The number of hydrogen-bond acceptors (Lipinski definition) is 8. The molecule has 0 spiro atoms. The summed E-state index contributed by atoms with van der Waals surface area (Å²) in [7, 11) is -5.39. The van der Waals surface area contributed by atoms with Crippen LogP contribution in [0, 0.1) is 0 Å². The number of phosphoric acid groups is 1. The third-order valence-electron chi connectivity index (χ3n) is 4.99. The fourth-order valence-corrected chi connectivity index (χ4v) is 3.21. The maximum absolute atomic E-state index is 10.2. The molecule has 0 aliphatic heterocycles. The molecular weight excluding hydrogens is 494 g/mol. The smallest absolute Gasteiger partial charge is 0.822 e. The van der Waals surface area contributed by atoms with Crippen LogP contribution >= 0.6 is 7.82 Å². The molecule has 0 saturated carbocycles. The molecule has 0 aromatic heterocycles. The Bertz CT molecular complexity index is 659. The van der Waals surface area contributed by atoms with Gasteiger partial charge in [-0.05, 0) is 18.4 Å². The monoisotopic (exact) mass is 534 g/mol. The molecule has 1 rings (SSSR count). The molecule has 1 aromatic rings. The van der Waals surface area contributed by atoms with E-state index in [2.05, 4.69) is 6.92 Å². The summed E-state index contributed by atoms with van der Waals surface area (Å²) in [6, 6.07) is 8.06. The summed E-state index contributed by atoms with van der Waals surface area (Å²) in [5, 5.41) is 20.3. The van der Waals surface area contributed by atoms with E-state index in [0.29, 0.717) is 0 Å². The van der Waals surface area contributed by atoms with E-state index < -0.39 is 19.8 Å². The molecule has 0 amide bonds. The second-order valence-corrected chi connectivity index (χ2v) is 9.07. The molecule has 8 nitrogen and oxygen atoms in total. The van der Waals surface area contributed by atoms with Crippen LogP contribution in [0.25, 0.3) is 0 Å². The van der Waals surface area contributed by atoms with Crippen molar-refractivity contribution in [2.75, 3.05) is 0 Å². The Balaban J connectivity index is -0.0000000907. The van der Waals surface area contributed by atoms with Gasteiger partial charge in [-0.1, -0.05) is 127 Å². The molecule has 0 saturated heterocycles. The van der Waals surface area contributed by atoms with Gasteiger partial charge in [0.25, 0.3) is 0 Å². The van der Waals surface area contributed by atoms with Crippen LogP contribution in [0.5, 0.6) is 0 Å². The molecule has 1 aromatic carbocycles. The van der Waals surface area contributed by atoms with Crippen molar-refractivity contribution in [3.63, 3.8) is 0 Å². The minimum Gasteiger partial charge on any atom is -0.822 e. The summed E-state index contributed by atoms with van der Waals surface area (Å²) in [6.45, 7) is 2.27. The van der Waals surface area contributed by atoms with E-state index >= 15 is 0 Å². The largest absolute Gasteiger partial charge is 1.00 e. The summed E-state index contributed by atoms with van der Waals surface area (Å²) in [4.78, 5) is 46.0. The summed E-state index contributed by atoms with van der Waals surface area (Å²) < 4.78 is 8.55. The van der Waals surface area contributed by atoms with Crippen LogP contribution in [-0.2, 0) is 9.36 Å². The number of benzene rings is 1. The average Bonchev–Trinajstić information content (AvgIpc) is 2.76. The SMILES string of the molecule is CCCCCCCCCCCCCCCCCC(=O)[O-].O=C([O-])c1ccccc1.O=P([O-])([O-])[O-].[Li+].[Li+].[Li+].[Li+].[Li+]. The average molecular weight is 534 g/mol. The van der Waals surface area contributed by atoms with Gasteiger partial charge in [0, 0.05) is 5.97 Å². The van der Waals surface area contributed by atoms with Crippen LogP contribution in [0.3, 0.4) is 0 Å². The van der Waals surface area contributed by atoms with Gasteiger partial charge in [-0.2, -0.15) is 7.82 Å². The molecule has 39 heavy (non-hydrogen) atoms. The van der Waals surface area contributed by atoms with Crippen molar-refractivity contribution >= 4 is 19.8 Å². The van der Waals surface area contributed by atoms with Crippen molar-refractivity contribution in [1.29, 1.82) is 0 Å². The maximum atomic E-state index is 10.2. The van der Waals surface area contributed by atoms with Crippen molar-refractivity contribution in [3.8, 4) is 0 Å². The van der Waals surface area contributed by atoms with Crippen LogP contribution in [0.4, 0.5) is 0 Å². The van der Waals surface area contributed by atoms with Crippen molar-refractivity contribution in [1.82, 2.24) is 0 Å². The number of carboxylic acid groups (broad SMARTS) is 2. The normalized spacial score (nSPS) is 9.13. The Morgan fingerprint density at radius 3 is 1.10 bits per heavy atom. The van der Waals surface area contributed by atoms with Crippen molar-refractivity contribution in [3.05, 3.63) is 35.9 Å². The van der Waals surface area contributed by atoms with Gasteiger partial charge in [0.05, 0.1) is 5.97 Å². The second kappa shape index (κ2) is 41.4. The second-order valence-electron chi connectivity index (χ2n) is 8.17. The van der Waals surface area contributed by atoms with Gasteiger partial charge in [0.1, 0.15) is 0 Å². The fraction of sp³-hybridized carbons (Fsp3) is 0.680. The standard InChI is InChI=1S/C18H36O2.C7H6O2.5Li.H3O4P/c1-2-3-4-5-6-7-8-9-10-11-12-13-14-15-16-17-18(19)20;8-7(9)6-4-2-1-3-5-6;;;;;;1-5(2,3)4/h2-17H2,1H3,(H,19,20);1-5H,(H,8,9);;;;;;(H3,1,2,3,4)/q;;5*+1;/p-5. The summed E-state index contributed by atoms with van der Waals surface area (Å²) >= 11 is 0. The van der Waals surface area contributed by atoms with Gasteiger partial charge in [0.2, 0.25) is 0 Å². The third-order valence-corrected chi connectivity index (χ3v) is 4.99. The van der Waals surface area contributed by atoms with Gasteiger partial charge < -0.3 is 39.0 Å². The molecule has 0 aliphatic rings. The molecule has 0 atom stereocenters.